The van der Waals surface area contributed by atoms with Gasteiger partial charge < -0.3 is 5.73 Å². The number of anilines is 1. The van der Waals surface area contributed by atoms with Crippen LogP contribution in [-0.2, 0) is 10.0 Å². The SMILES string of the molecule is CCC1CCN(S(=O)(=O)c2cc(C)c(C)c(N)c2)C1. The van der Waals surface area contributed by atoms with Crippen LogP contribution in [0, 0.1) is 19.8 Å². The van der Waals surface area contributed by atoms with Crippen molar-refractivity contribution < 1.29 is 8.42 Å². The Labute approximate surface area is 115 Å². The van der Waals surface area contributed by atoms with Crippen molar-refractivity contribution in [3.05, 3.63) is 23.3 Å². The Morgan fingerprint density at radius 3 is 2.58 bits per heavy atom. The summed E-state index contributed by atoms with van der Waals surface area (Å²) in [7, 11) is -3.39. The lowest BCUT2D eigenvalue weighted by molar-refractivity contribution is 0.453. The minimum absolute atomic E-state index is 0.324. The Balaban J connectivity index is 2.35. The van der Waals surface area contributed by atoms with E-state index in [1.807, 2.05) is 13.8 Å². The summed E-state index contributed by atoms with van der Waals surface area (Å²) in [5.74, 6) is 0.485. The van der Waals surface area contributed by atoms with E-state index in [4.69, 9.17) is 5.73 Å². The first-order valence-corrected chi connectivity index (χ1v) is 8.17. The highest BCUT2D eigenvalue weighted by atomic mass is 32.2. The minimum Gasteiger partial charge on any atom is -0.398 e. The lowest BCUT2D eigenvalue weighted by Gasteiger charge is -2.18. The predicted octanol–water partition coefficient (Wildman–Crippen LogP) is 2.31. The van der Waals surface area contributed by atoms with Crippen molar-refractivity contribution >= 4 is 15.7 Å². The standard InChI is InChI=1S/C14H22N2O2S/c1-4-12-5-6-16(9-12)19(17,18)13-7-10(2)11(3)14(15)8-13/h7-8,12H,4-6,9,15H2,1-3H3. The minimum atomic E-state index is -3.39. The van der Waals surface area contributed by atoms with Crippen molar-refractivity contribution in [2.75, 3.05) is 18.8 Å². The Morgan fingerprint density at radius 2 is 2.05 bits per heavy atom. The second-order valence-corrected chi connectivity index (χ2v) is 7.32. The number of nitrogen functional groups attached to an aromatic ring is 1. The average Bonchev–Trinajstić information content (AvgIpc) is 2.84. The zero-order valence-electron chi connectivity index (χ0n) is 11.8. The normalized spacial score (nSPS) is 20.9. The molecule has 0 amide bonds. The molecule has 0 saturated carbocycles. The summed E-state index contributed by atoms with van der Waals surface area (Å²) in [6.45, 7) is 7.15. The first kappa shape index (κ1) is 14.3. The maximum atomic E-state index is 12.6. The van der Waals surface area contributed by atoms with E-state index < -0.39 is 10.0 Å². The van der Waals surface area contributed by atoms with Gasteiger partial charge in [-0.15, -0.1) is 0 Å². The molecule has 4 nitrogen and oxygen atoms in total. The van der Waals surface area contributed by atoms with Crippen LogP contribution in [0.5, 0.6) is 0 Å². The lowest BCUT2D eigenvalue weighted by atomic mass is 10.1. The molecule has 5 heteroatoms. The van der Waals surface area contributed by atoms with Gasteiger partial charge in [-0.2, -0.15) is 4.31 Å². The first-order valence-electron chi connectivity index (χ1n) is 6.73. The van der Waals surface area contributed by atoms with Gasteiger partial charge in [-0.25, -0.2) is 8.42 Å². The fraction of sp³-hybridized carbons (Fsp3) is 0.571. The number of benzene rings is 1. The van der Waals surface area contributed by atoms with Crippen LogP contribution in [0.15, 0.2) is 17.0 Å². The monoisotopic (exact) mass is 282 g/mol. The number of nitrogens with two attached hydrogens (primary N) is 1. The fourth-order valence-corrected chi connectivity index (χ4v) is 4.15. The second kappa shape index (κ2) is 5.13. The molecule has 1 aliphatic rings. The van der Waals surface area contributed by atoms with Crippen LogP contribution in [0.2, 0.25) is 0 Å². The van der Waals surface area contributed by atoms with Crippen LogP contribution in [0.25, 0.3) is 0 Å². The zero-order valence-corrected chi connectivity index (χ0v) is 12.6. The van der Waals surface area contributed by atoms with Gasteiger partial charge in [-0.05, 0) is 49.4 Å². The van der Waals surface area contributed by atoms with Gasteiger partial charge >= 0.3 is 0 Å². The molecule has 2 N–H and O–H groups in total. The Bertz CT molecular complexity index is 558. The van der Waals surface area contributed by atoms with Crippen LogP contribution in [-0.4, -0.2) is 25.8 Å². The molecule has 0 spiro atoms. The van der Waals surface area contributed by atoms with Gasteiger partial charge in [-0.3, -0.25) is 0 Å². The molecule has 1 atom stereocenters. The Morgan fingerprint density at radius 1 is 1.37 bits per heavy atom. The quantitative estimate of drug-likeness (QED) is 0.865. The summed E-state index contributed by atoms with van der Waals surface area (Å²) in [5.41, 5.74) is 8.31. The molecule has 1 heterocycles. The molecule has 0 aromatic heterocycles. The highest BCUT2D eigenvalue weighted by molar-refractivity contribution is 7.89. The van der Waals surface area contributed by atoms with E-state index >= 15 is 0 Å². The third-order valence-corrected chi connectivity index (χ3v) is 5.99. The molecule has 1 aromatic carbocycles. The van der Waals surface area contributed by atoms with E-state index in [9.17, 15) is 8.42 Å². The highest BCUT2D eigenvalue weighted by Crippen LogP contribution is 2.28. The van der Waals surface area contributed by atoms with Crippen molar-refractivity contribution in [1.29, 1.82) is 0 Å². The summed E-state index contributed by atoms with van der Waals surface area (Å²) in [4.78, 5) is 0.324. The van der Waals surface area contributed by atoms with Crippen LogP contribution < -0.4 is 5.73 Å². The largest absolute Gasteiger partial charge is 0.398 e. The molecule has 1 aliphatic heterocycles. The number of hydrogen-bond acceptors (Lipinski definition) is 3. The van der Waals surface area contributed by atoms with Gasteiger partial charge in [0.05, 0.1) is 4.90 Å². The molecule has 0 radical (unpaired) electrons. The number of sulfonamides is 1. The Kier molecular flexibility index (Phi) is 3.87. The maximum absolute atomic E-state index is 12.6. The van der Waals surface area contributed by atoms with E-state index in [0.717, 1.165) is 24.0 Å². The summed E-state index contributed by atoms with van der Waals surface area (Å²) < 4.78 is 26.8. The number of nitrogens with zero attached hydrogens (tertiary/aromatic N) is 1. The molecule has 19 heavy (non-hydrogen) atoms. The summed E-state index contributed by atoms with van der Waals surface area (Å²) in [5, 5.41) is 0. The van der Waals surface area contributed by atoms with Gasteiger partial charge in [0.2, 0.25) is 10.0 Å². The Hall–Kier alpha value is -1.07. The van der Waals surface area contributed by atoms with E-state index in [-0.39, 0.29) is 0 Å². The predicted molar refractivity (Wildman–Crippen MR) is 77.5 cm³/mol. The number of rotatable bonds is 3. The number of aryl methyl sites for hydroxylation is 1. The third-order valence-electron chi connectivity index (χ3n) is 4.14. The molecule has 1 unspecified atom stereocenters. The first-order chi connectivity index (χ1) is 8.86. The van der Waals surface area contributed by atoms with Gasteiger partial charge in [-0.1, -0.05) is 13.3 Å². The van der Waals surface area contributed by atoms with E-state index in [1.54, 1.807) is 16.4 Å². The van der Waals surface area contributed by atoms with E-state index in [1.165, 1.54) is 0 Å². The smallest absolute Gasteiger partial charge is 0.243 e. The maximum Gasteiger partial charge on any atom is 0.243 e. The molecular weight excluding hydrogens is 260 g/mol. The van der Waals surface area contributed by atoms with Crippen LogP contribution in [0.3, 0.4) is 0 Å². The molecule has 2 rings (SSSR count). The van der Waals surface area contributed by atoms with Crippen LogP contribution in [0.4, 0.5) is 5.69 Å². The van der Waals surface area contributed by atoms with Crippen molar-refractivity contribution in [2.45, 2.75) is 38.5 Å². The molecular formula is C14H22N2O2S. The van der Waals surface area contributed by atoms with Crippen molar-refractivity contribution in [3.8, 4) is 0 Å². The number of hydrogen-bond donors (Lipinski definition) is 1. The van der Waals surface area contributed by atoms with Crippen LogP contribution in [0.1, 0.15) is 30.9 Å². The molecule has 1 saturated heterocycles. The van der Waals surface area contributed by atoms with Crippen molar-refractivity contribution in [1.82, 2.24) is 4.31 Å². The van der Waals surface area contributed by atoms with Gasteiger partial charge in [0, 0.05) is 18.8 Å². The van der Waals surface area contributed by atoms with Gasteiger partial charge in [0.15, 0.2) is 0 Å². The zero-order chi connectivity index (χ0) is 14.2. The molecule has 0 aliphatic carbocycles. The summed E-state index contributed by atoms with van der Waals surface area (Å²) >= 11 is 0. The van der Waals surface area contributed by atoms with E-state index in [2.05, 4.69) is 6.92 Å². The van der Waals surface area contributed by atoms with Gasteiger partial charge in [0.1, 0.15) is 0 Å². The average molecular weight is 282 g/mol. The van der Waals surface area contributed by atoms with Crippen LogP contribution >= 0.6 is 0 Å². The molecule has 1 aromatic rings. The molecule has 1 fully saturated rings. The third kappa shape index (κ3) is 2.62. The van der Waals surface area contributed by atoms with E-state index in [0.29, 0.717) is 29.6 Å². The lowest BCUT2D eigenvalue weighted by Crippen LogP contribution is -2.29. The fourth-order valence-electron chi connectivity index (χ4n) is 2.50. The second-order valence-electron chi connectivity index (χ2n) is 5.38. The molecule has 0 bridgehead atoms. The molecule has 106 valence electrons. The van der Waals surface area contributed by atoms with Crippen molar-refractivity contribution in [3.63, 3.8) is 0 Å². The van der Waals surface area contributed by atoms with Gasteiger partial charge in [0.25, 0.3) is 0 Å². The summed E-state index contributed by atoms with van der Waals surface area (Å²) in [6, 6.07) is 3.30. The van der Waals surface area contributed by atoms with Crippen molar-refractivity contribution in [2.24, 2.45) is 5.92 Å². The summed E-state index contributed by atoms with van der Waals surface area (Å²) in [6.07, 6.45) is 1.98. The highest BCUT2D eigenvalue weighted by Gasteiger charge is 2.32. The topological polar surface area (TPSA) is 63.4 Å².